The number of aromatic nitrogens is 3. The lowest BCUT2D eigenvalue weighted by Gasteiger charge is -2.17. The first-order valence-corrected chi connectivity index (χ1v) is 14.8. The van der Waals surface area contributed by atoms with E-state index < -0.39 is 0 Å². The van der Waals surface area contributed by atoms with E-state index in [4.69, 9.17) is 14.2 Å². The van der Waals surface area contributed by atoms with Crippen LogP contribution in [-0.2, 0) is 0 Å². The minimum absolute atomic E-state index is 0.256. The van der Waals surface area contributed by atoms with Crippen molar-refractivity contribution in [3.63, 3.8) is 0 Å². The van der Waals surface area contributed by atoms with Gasteiger partial charge in [-0.05, 0) is 36.5 Å². The fourth-order valence-electron chi connectivity index (χ4n) is 2.32. The van der Waals surface area contributed by atoms with Crippen molar-refractivity contribution in [3.8, 4) is 18.0 Å². The van der Waals surface area contributed by atoms with Gasteiger partial charge in [-0.15, -0.1) is 15.0 Å². The van der Waals surface area contributed by atoms with Crippen LogP contribution in [0.3, 0.4) is 0 Å². The largest absolute Gasteiger partial charge is 0.463 e. The Morgan fingerprint density at radius 1 is 0.485 bits per heavy atom. The van der Waals surface area contributed by atoms with Crippen LogP contribution < -0.4 is 14.2 Å². The molecule has 1 rings (SSSR count). The van der Waals surface area contributed by atoms with Crippen molar-refractivity contribution in [2.75, 3.05) is 37.1 Å². The number of thioether (sulfide) groups is 3. The predicted molar refractivity (Wildman–Crippen MR) is 147 cm³/mol. The van der Waals surface area contributed by atoms with Crippen LogP contribution in [0.1, 0.15) is 81.6 Å². The summed E-state index contributed by atoms with van der Waals surface area (Å²) in [7, 11) is 0. The molecule has 0 aliphatic heterocycles. The second-order valence-electron chi connectivity index (χ2n) is 10.7. The van der Waals surface area contributed by atoms with Crippen LogP contribution in [0.4, 0.5) is 0 Å². The first kappa shape index (κ1) is 30.5. The molecule has 0 aliphatic carbocycles. The van der Waals surface area contributed by atoms with Crippen LogP contribution in [0.2, 0.25) is 0 Å². The highest BCUT2D eigenvalue weighted by Gasteiger charge is 2.14. The molecule has 1 aromatic heterocycles. The fourth-order valence-corrected chi connectivity index (χ4v) is 4.94. The molecule has 0 radical (unpaired) electrons. The molecule has 0 fully saturated rings. The van der Waals surface area contributed by atoms with Crippen molar-refractivity contribution in [1.29, 1.82) is 0 Å². The normalized spacial score (nSPS) is 12.6. The van der Waals surface area contributed by atoms with Crippen LogP contribution in [0.15, 0.2) is 0 Å². The van der Waals surface area contributed by atoms with Gasteiger partial charge in [0.2, 0.25) is 0 Å². The van der Waals surface area contributed by atoms with E-state index in [1.54, 1.807) is 0 Å². The molecule has 0 spiro atoms. The van der Waals surface area contributed by atoms with Crippen LogP contribution in [-0.4, -0.2) is 66.3 Å². The van der Waals surface area contributed by atoms with Gasteiger partial charge in [0, 0.05) is 14.2 Å². The highest BCUT2D eigenvalue weighted by Crippen LogP contribution is 2.25. The minimum atomic E-state index is 0.256. The summed E-state index contributed by atoms with van der Waals surface area (Å²) in [4.78, 5) is 13.0. The Balaban J connectivity index is 2.59. The molecule has 0 saturated carbocycles. The lowest BCUT2D eigenvalue weighted by Crippen LogP contribution is -2.13. The summed E-state index contributed by atoms with van der Waals surface area (Å²) in [6.45, 7) is 21.6. The summed E-state index contributed by atoms with van der Waals surface area (Å²) < 4.78 is 18.2. The van der Waals surface area contributed by atoms with Gasteiger partial charge in [0.25, 0.3) is 0 Å². The van der Waals surface area contributed by atoms with E-state index in [0.29, 0.717) is 19.8 Å². The highest BCUT2D eigenvalue weighted by molar-refractivity contribution is 8.01. The van der Waals surface area contributed by atoms with Gasteiger partial charge in [-0.25, -0.2) is 0 Å². The van der Waals surface area contributed by atoms with Gasteiger partial charge >= 0.3 is 18.0 Å². The third kappa shape index (κ3) is 18.5. The molecule has 0 amide bonds. The zero-order valence-corrected chi connectivity index (χ0v) is 24.6. The third-order valence-corrected chi connectivity index (χ3v) is 7.82. The maximum absolute atomic E-state index is 5.80. The second kappa shape index (κ2) is 14.8. The van der Waals surface area contributed by atoms with Crippen molar-refractivity contribution in [1.82, 2.24) is 15.0 Å². The van der Waals surface area contributed by atoms with E-state index in [9.17, 15) is 0 Å². The van der Waals surface area contributed by atoms with Crippen molar-refractivity contribution in [2.45, 2.75) is 95.8 Å². The maximum atomic E-state index is 5.80. The summed E-state index contributed by atoms with van der Waals surface area (Å²) in [5, 5.41) is 0. The minimum Gasteiger partial charge on any atom is -0.463 e. The van der Waals surface area contributed by atoms with Crippen molar-refractivity contribution < 1.29 is 14.2 Å². The molecule has 0 atom stereocenters. The number of hydrogen-bond acceptors (Lipinski definition) is 9. The Labute approximate surface area is 214 Å². The van der Waals surface area contributed by atoms with Crippen LogP contribution in [0.5, 0.6) is 18.0 Å². The molecule has 1 aromatic rings. The average molecular weight is 520 g/mol. The molecular weight excluding hydrogens is 474 g/mol. The molecule has 0 N–H and O–H groups in total. The fraction of sp³-hybridized carbons (Fsp3) is 0.875. The first-order chi connectivity index (χ1) is 15.2. The quantitative estimate of drug-likeness (QED) is 0.233. The highest BCUT2D eigenvalue weighted by atomic mass is 32.2. The van der Waals surface area contributed by atoms with E-state index in [-0.39, 0.29) is 32.3 Å². The molecule has 33 heavy (non-hydrogen) atoms. The summed E-state index contributed by atoms with van der Waals surface area (Å²) in [5.74, 6) is 3.08. The van der Waals surface area contributed by atoms with Crippen LogP contribution >= 0.6 is 35.3 Å². The number of hydrogen-bond donors (Lipinski definition) is 0. The summed E-state index contributed by atoms with van der Waals surface area (Å²) in [6, 6.07) is 0.802. The van der Waals surface area contributed by atoms with Gasteiger partial charge in [0.15, 0.2) is 0 Å². The SMILES string of the molecule is CC(C)(C)SCCCOc1nc(OCCCSC(C)(C)C)nc(OCCCSC(C)(C)C)n1. The summed E-state index contributed by atoms with van der Waals surface area (Å²) >= 11 is 5.77. The Morgan fingerprint density at radius 3 is 0.939 bits per heavy atom. The van der Waals surface area contributed by atoms with Gasteiger partial charge in [-0.1, -0.05) is 62.3 Å². The molecular formula is C24H45N3O3S3. The van der Waals surface area contributed by atoms with Crippen molar-refractivity contribution in [3.05, 3.63) is 0 Å². The molecule has 0 aliphatic rings. The van der Waals surface area contributed by atoms with Gasteiger partial charge in [-0.3, -0.25) is 0 Å². The lowest BCUT2D eigenvalue weighted by atomic mass is 10.3. The molecule has 1 heterocycles. The van der Waals surface area contributed by atoms with Crippen molar-refractivity contribution in [2.24, 2.45) is 0 Å². The van der Waals surface area contributed by atoms with Crippen LogP contribution in [0, 0.1) is 0 Å². The van der Waals surface area contributed by atoms with E-state index >= 15 is 0 Å². The molecule has 0 aromatic carbocycles. The molecule has 6 nitrogen and oxygen atoms in total. The second-order valence-corrected chi connectivity index (χ2v) is 16.4. The zero-order valence-electron chi connectivity index (χ0n) is 22.2. The maximum Gasteiger partial charge on any atom is 0.325 e. The molecule has 192 valence electrons. The lowest BCUT2D eigenvalue weighted by molar-refractivity contribution is 0.236. The summed E-state index contributed by atoms with van der Waals surface area (Å²) in [5.41, 5.74) is 0. The third-order valence-electron chi connectivity index (χ3n) is 3.74. The van der Waals surface area contributed by atoms with Crippen LogP contribution in [0.25, 0.3) is 0 Å². The monoisotopic (exact) mass is 519 g/mol. The zero-order chi connectivity index (χ0) is 25.0. The standard InChI is InChI=1S/C24H45N3O3S3/c1-22(2,3)31-16-10-13-28-19-25-20(29-14-11-17-32-23(4,5)6)27-21(26-19)30-15-12-18-33-24(7,8)9/h10-18H2,1-9H3. The van der Waals surface area contributed by atoms with E-state index in [2.05, 4.69) is 77.3 Å². The average Bonchev–Trinajstić information content (AvgIpc) is 2.64. The molecule has 0 unspecified atom stereocenters. The van der Waals surface area contributed by atoms with Gasteiger partial charge in [0.05, 0.1) is 19.8 Å². The number of rotatable bonds is 15. The van der Waals surface area contributed by atoms with E-state index in [0.717, 1.165) is 36.5 Å². The van der Waals surface area contributed by atoms with Gasteiger partial charge < -0.3 is 14.2 Å². The van der Waals surface area contributed by atoms with Gasteiger partial charge in [0.1, 0.15) is 0 Å². The van der Waals surface area contributed by atoms with Gasteiger partial charge in [-0.2, -0.15) is 35.3 Å². The smallest absolute Gasteiger partial charge is 0.325 e. The Morgan fingerprint density at radius 2 is 0.727 bits per heavy atom. The topological polar surface area (TPSA) is 66.4 Å². The van der Waals surface area contributed by atoms with Crippen molar-refractivity contribution >= 4 is 35.3 Å². The van der Waals surface area contributed by atoms with E-state index in [1.807, 2.05) is 35.3 Å². The summed E-state index contributed by atoms with van der Waals surface area (Å²) in [6.07, 6.45) is 2.77. The Bertz CT molecular complexity index is 569. The number of ether oxygens (including phenoxy) is 3. The Hall–Kier alpha value is -0.540. The Kier molecular flexibility index (Phi) is 13.6. The first-order valence-electron chi connectivity index (χ1n) is 11.8. The van der Waals surface area contributed by atoms with E-state index in [1.165, 1.54) is 0 Å². The predicted octanol–water partition coefficient (Wildman–Crippen LogP) is 6.77. The molecule has 9 heteroatoms. The molecule has 0 bridgehead atoms. The molecule has 0 saturated heterocycles. The number of nitrogens with zero attached hydrogens (tertiary/aromatic N) is 3.